The fourth-order valence-corrected chi connectivity index (χ4v) is 3.75. The number of amides is 1. The van der Waals surface area contributed by atoms with Crippen LogP contribution in [0.25, 0.3) is 0 Å². The number of methoxy groups -OCH3 is 1. The van der Waals surface area contributed by atoms with Crippen molar-refractivity contribution in [2.75, 3.05) is 33.3 Å². The van der Waals surface area contributed by atoms with Crippen molar-refractivity contribution in [1.29, 1.82) is 0 Å². The van der Waals surface area contributed by atoms with Gasteiger partial charge in [-0.2, -0.15) is 0 Å². The minimum atomic E-state index is 0.0134. The van der Waals surface area contributed by atoms with E-state index in [2.05, 4.69) is 5.32 Å². The maximum atomic E-state index is 12.4. The SMILES string of the molecule is COc1ccc(C(=O)CCC(=O)N2CCC3(CCNC3)CC2)cc1. The summed E-state index contributed by atoms with van der Waals surface area (Å²) in [5.41, 5.74) is 1.05. The summed E-state index contributed by atoms with van der Waals surface area (Å²) in [6.07, 6.45) is 3.96. The number of nitrogens with zero attached hydrogens (tertiary/aromatic N) is 1. The predicted octanol–water partition coefficient (Wildman–Crippen LogP) is 2.26. The first-order chi connectivity index (χ1) is 11.6. The normalized spacial score (nSPS) is 19.5. The van der Waals surface area contributed by atoms with Crippen molar-refractivity contribution in [3.05, 3.63) is 29.8 Å². The van der Waals surface area contributed by atoms with Gasteiger partial charge >= 0.3 is 0 Å². The van der Waals surface area contributed by atoms with Crippen molar-refractivity contribution < 1.29 is 14.3 Å². The summed E-state index contributed by atoms with van der Waals surface area (Å²) in [4.78, 5) is 26.5. The van der Waals surface area contributed by atoms with Crippen molar-refractivity contribution in [2.24, 2.45) is 5.41 Å². The Morgan fingerprint density at radius 2 is 1.83 bits per heavy atom. The highest BCUT2D eigenvalue weighted by Gasteiger charge is 2.37. The lowest BCUT2D eigenvalue weighted by Gasteiger charge is -2.38. The van der Waals surface area contributed by atoms with E-state index in [0.29, 0.717) is 17.4 Å². The van der Waals surface area contributed by atoms with Gasteiger partial charge in [0.25, 0.3) is 0 Å². The number of nitrogens with one attached hydrogen (secondary N) is 1. The zero-order valence-corrected chi connectivity index (χ0v) is 14.3. The quantitative estimate of drug-likeness (QED) is 0.842. The molecule has 24 heavy (non-hydrogen) atoms. The molecule has 2 heterocycles. The van der Waals surface area contributed by atoms with Crippen molar-refractivity contribution in [3.63, 3.8) is 0 Å². The first-order valence-corrected chi connectivity index (χ1v) is 8.78. The Kier molecular flexibility index (Phi) is 5.19. The monoisotopic (exact) mass is 330 g/mol. The first-order valence-electron chi connectivity index (χ1n) is 8.78. The van der Waals surface area contributed by atoms with E-state index in [9.17, 15) is 9.59 Å². The maximum Gasteiger partial charge on any atom is 0.223 e. The van der Waals surface area contributed by atoms with Crippen LogP contribution in [-0.4, -0.2) is 49.9 Å². The zero-order valence-electron chi connectivity index (χ0n) is 14.3. The van der Waals surface area contributed by atoms with Gasteiger partial charge in [-0.1, -0.05) is 0 Å². The summed E-state index contributed by atoms with van der Waals surface area (Å²) in [7, 11) is 1.60. The number of carbonyl (C=O) groups is 2. The third-order valence-corrected chi connectivity index (χ3v) is 5.49. The van der Waals surface area contributed by atoms with Gasteiger partial charge < -0.3 is 15.0 Å². The largest absolute Gasteiger partial charge is 0.497 e. The Bertz CT molecular complexity index is 581. The fourth-order valence-electron chi connectivity index (χ4n) is 3.75. The van der Waals surface area contributed by atoms with Crippen LogP contribution in [0.2, 0.25) is 0 Å². The summed E-state index contributed by atoms with van der Waals surface area (Å²) in [6, 6.07) is 7.05. The third-order valence-electron chi connectivity index (χ3n) is 5.49. The number of rotatable bonds is 5. The molecule has 2 saturated heterocycles. The minimum absolute atomic E-state index is 0.0134. The molecule has 0 unspecified atom stereocenters. The molecular formula is C19H26N2O3. The van der Waals surface area contributed by atoms with Crippen LogP contribution in [-0.2, 0) is 4.79 Å². The van der Waals surface area contributed by atoms with Crippen LogP contribution in [0.5, 0.6) is 5.75 Å². The molecule has 1 amide bonds. The van der Waals surface area contributed by atoms with Crippen LogP contribution in [0.3, 0.4) is 0 Å². The lowest BCUT2D eigenvalue weighted by Crippen LogP contribution is -2.44. The van der Waals surface area contributed by atoms with Gasteiger partial charge in [0.15, 0.2) is 5.78 Å². The lowest BCUT2D eigenvalue weighted by molar-refractivity contribution is -0.133. The summed E-state index contributed by atoms with van der Waals surface area (Å²) in [6.45, 7) is 3.85. The van der Waals surface area contributed by atoms with E-state index < -0.39 is 0 Å². The standard InChI is InChI=1S/C19H26N2O3/c1-24-16-4-2-15(3-5-16)17(22)6-7-18(23)21-12-9-19(10-13-21)8-11-20-14-19/h2-5,20H,6-14H2,1H3. The fraction of sp³-hybridized carbons (Fsp3) is 0.579. The van der Waals surface area contributed by atoms with Crippen molar-refractivity contribution in [1.82, 2.24) is 10.2 Å². The number of likely N-dealkylation sites (tertiary alicyclic amines) is 1. The summed E-state index contributed by atoms with van der Waals surface area (Å²) in [5.74, 6) is 0.850. The second-order valence-electron chi connectivity index (χ2n) is 6.96. The van der Waals surface area contributed by atoms with Gasteiger partial charge in [0, 0.05) is 38.0 Å². The molecule has 130 valence electrons. The van der Waals surface area contributed by atoms with Gasteiger partial charge in [-0.05, 0) is 55.5 Å². The van der Waals surface area contributed by atoms with Crippen molar-refractivity contribution >= 4 is 11.7 Å². The average Bonchev–Trinajstić information content (AvgIpc) is 3.08. The maximum absolute atomic E-state index is 12.4. The molecule has 0 atom stereocenters. The molecule has 2 aliphatic heterocycles. The summed E-state index contributed by atoms with van der Waals surface area (Å²) in [5, 5.41) is 3.44. The molecule has 1 aromatic carbocycles. The highest BCUT2D eigenvalue weighted by molar-refractivity contribution is 5.98. The number of hydrogen-bond donors (Lipinski definition) is 1. The summed E-state index contributed by atoms with van der Waals surface area (Å²) < 4.78 is 5.09. The average molecular weight is 330 g/mol. The van der Waals surface area contributed by atoms with E-state index in [1.54, 1.807) is 31.4 Å². The smallest absolute Gasteiger partial charge is 0.223 e. The minimum Gasteiger partial charge on any atom is -0.497 e. The van der Waals surface area contributed by atoms with E-state index >= 15 is 0 Å². The van der Waals surface area contributed by atoms with Gasteiger partial charge in [0.2, 0.25) is 5.91 Å². The molecule has 0 bridgehead atoms. The third kappa shape index (κ3) is 3.78. The van der Waals surface area contributed by atoms with Crippen LogP contribution in [0, 0.1) is 5.41 Å². The molecule has 3 rings (SSSR count). The highest BCUT2D eigenvalue weighted by Crippen LogP contribution is 2.37. The molecule has 5 nitrogen and oxygen atoms in total. The predicted molar refractivity (Wildman–Crippen MR) is 92.3 cm³/mol. The first kappa shape index (κ1) is 17.0. The Morgan fingerprint density at radius 1 is 1.12 bits per heavy atom. The molecular weight excluding hydrogens is 304 g/mol. The van der Waals surface area contributed by atoms with Gasteiger partial charge in [0.05, 0.1) is 7.11 Å². The molecule has 2 fully saturated rings. The van der Waals surface area contributed by atoms with E-state index in [1.165, 1.54) is 6.42 Å². The second kappa shape index (κ2) is 7.34. The van der Waals surface area contributed by atoms with Crippen LogP contribution in [0.15, 0.2) is 24.3 Å². The lowest BCUT2D eigenvalue weighted by atomic mass is 9.78. The van der Waals surface area contributed by atoms with Crippen LogP contribution >= 0.6 is 0 Å². The molecule has 2 aliphatic rings. The molecule has 1 spiro atoms. The number of piperidine rings is 1. The van der Waals surface area contributed by atoms with E-state index in [1.807, 2.05) is 4.90 Å². The number of hydrogen-bond acceptors (Lipinski definition) is 4. The molecule has 1 aromatic rings. The number of Topliss-reactive ketones (excluding diaryl/α,β-unsaturated/α-hetero) is 1. The van der Waals surface area contributed by atoms with Gasteiger partial charge in [-0.15, -0.1) is 0 Å². The van der Waals surface area contributed by atoms with Gasteiger partial charge in [-0.3, -0.25) is 9.59 Å². The second-order valence-corrected chi connectivity index (χ2v) is 6.96. The zero-order chi connectivity index (χ0) is 17.0. The Hall–Kier alpha value is -1.88. The topological polar surface area (TPSA) is 58.6 Å². The van der Waals surface area contributed by atoms with E-state index in [0.717, 1.165) is 44.8 Å². The Morgan fingerprint density at radius 3 is 2.42 bits per heavy atom. The number of benzene rings is 1. The molecule has 0 radical (unpaired) electrons. The highest BCUT2D eigenvalue weighted by atomic mass is 16.5. The molecule has 0 aromatic heterocycles. The van der Waals surface area contributed by atoms with Crippen LogP contribution < -0.4 is 10.1 Å². The number of ether oxygens (including phenoxy) is 1. The molecule has 5 heteroatoms. The number of ketones is 1. The van der Waals surface area contributed by atoms with E-state index in [-0.39, 0.29) is 18.1 Å². The summed E-state index contributed by atoms with van der Waals surface area (Å²) >= 11 is 0. The number of carbonyl (C=O) groups excluding carboxylic acids is 2. The van der Waals surface area contributed by atoms with E-state index in [4.69, 9.17) is 4.74 Å². The Labute approximate surface area is 143 Å². The van der Waals surface area contributed by atoms with Crippen molar-refractivity contribution in [2.45, 2.75) is 32.1 Å². The van der Waals surface area contributed by atoms with Crippen molar-refractivity contribution in [3.8, 4) is 5.75 Å². The molecule has 1 N–H and O–H groups in total. The Balaban J connectivity index is 1.46. The van der Waals surface area contributed by atoms with Gasteiger partial charge in [0.1, 0.15) is 5.75 Å². The van der Waals surface area contributed by atoms with Crippen LogP contribution in [0.1, 0.15) is 42.5 Å². The molecule has 0 aliphatic carbocycles. The van der Waals surface area contributed by atoms with Crippen LogP contribution in [0.4, 0.5) is 0 Å². The molecule has 0 saturated carbocycles. The van der Waals surface area contributed by atoms with Gasteiger partial charge in [-0.25, -0.2) is 0 Å².